The molecule has 1 unspecified atom stereocenters. The third-order valence-corrected chi connectivity index (χ3v) is 3.04. The predicted molar refractivity (Wildman–Crippen MR) is 75.8 cm³/mol. The van der Waals surface area contributed by atoms with Crippen LogP contribution in [-0.4, -0.2) is 15.0 Å². The first-order valence-corrected chi connectivity index (χ1v) is 6.20. The van der Waals surface area contributed by atoms with Crippen molar-refractivity contribution in [2.45, 2.75) is 13.0 Å². The molecule has 0 aliphatic heterocycles. The van der Waals surface area contributed by atoms with Gasteiger partial charge in [-0.2, -0.15) is 0 Å². The van der Waals surface area contributed by atoms with Crippen LogP contribution in [0.25, 0.3) is 11.0 Å². The quantitative estimate of drug-likeness (QED) is 0.775. The molecule has 0 fully saturated rings. The normalized spacial score (nSPS) is 12.3. The van der Waals surface area contributed by atoms with E-state index in [1.54, 1.807) is 18.6 Å². The summed E-state index contributed by atoms with van der Waals surface area (Å²) in [5.41, 5.74) is 3.99. The smallest absolute Gasteiger partial charge is 0.0907 e. The molecule has 0 saturated carbocycles. The highest BCUT2D eigenvalue weighted by Crippen LogP contribution is 2.20. The zero-order chi connectivity index (χ0) is 13.1. The van der Waals surface area contributed by atoms with Gasteiger partial charge in [0.15, 0.2) is 0 Å². The van der Waals surface area contributed by atoms with Gasteiger partial charge in [-0.05, 0) is 36.8 Å². The number of anilines is 1. The Balaban J connectivity index is 1.85. The van der Waals surface area contributed by atoms with Crippen molar-refractivity contribution in [1.82, 2.24) is 15.0 Å². The minimum atomic E-state index is 0.197. The summed E-state index contributed by atoms with van der Waals surface area (Å²) in [5, 5.41) is 3.44. The molecule has 4 nitrogen and oxygen atoms in total. The molecule has 1 N–H and O–H groups in total. The summed E-state index contributed by atoms with van der Waals surface area (Å²) in [6.45, 7) is 2.11. The van der Waals surface area contributed by atoms with Gasteiger partial charge in [-0.15, -0.1) is 0 Å². The first-order valence-electron chi connectivity index (χ1n) is 6.20. The van der Waals surface area contributed by atoms with Crippen LogP contribution < -0.4 is 5.32 Å². The number of rotatable bonds is 3. The summed E-state index contributed by atoms with van der Waals surface area (Å²) >= 11 is 0. The van der Waals surface area contributed by atoms with Crippen LogP contribution in [0.3, 0.4) is 0 Å². The maximum atomic E-state index is 4.31. The van der Waals surface area contributed by atoms with Gasteiger partial charge in [-0.1, -0.05) is 6.07 Å². The maximum absolute atomic E-state index is 4.31. The van der Waals surface area contributed by atoms with Gasteiger partial charge in [0.1, 0.15) is 0 Å². The Bertz CT molecular complexity index is 682. The fourth-order valence-corrected chi connectivity index (χ4v) is 2.02. The lowest BCUT2D eigenvalue weighted by atomic mass is 10.1. The lowest BCUT2D eigenvalue weighted by Crippen LogP contribution is -2.06. The van der Waals surface area contributed by atoms with Crippen molar-refractivity contribution in [3.05, 3.63) is 60.7 Å². The highest BCUT2D eigenvalue weighted by Gasteiger charge is 2.05. The van der Waals surface area contributed by atoms with Crippen molar-refractivity contribution in [3.8, 4) is 0 Å². The fraction of sp³-hybridized carbons (Fsp3) is 0.133. The molecule has 2 aromatic heterocycles. The molecule has 0 bridgehead atoms. The average Bonchev–Trinajstić information content (AvgIpc) is 2.48. The van der Waals surface area contributed by atoms with Crippen molar-refractivity contribution in [1.29, 1.82) is 0 Å². The van der Waals surface area contributed by atoms with E-state index in [4.69, 9.17) is 0 Å². The van der Waals surface area contributed by atoms with Gasteiger partial charge in [0.05, 0.1) is 17.1 Å². The van der Waals surface area contributed by atoms with Crippen molar-refractivity contribution in [3.63, 3.8) is 0 Å². The van der Waals surface area contributed by atoms with Gasteiger partial charge in [-0.25, -0.2) is 0 Å². The van der Waals surface area contributed by atoms with Gasteiger partial charge in [0, 0.05) is 30.5 Å². The number of nitrogens with one attached hydrogen (secondary N) is 1. The van der Waals surface area contributed by atoms with Gasteiger partial charge in [-0.3, -0.25) is 15.0 Å². The van der Waals surface area contributed by atoms with Crippen LogP contribution >= 0.6 is 0 Å². The number of nitrogens with zero attached hydrogens (tertiary/aromatic N) is 3. The Morgan fingerprint density at radius 3 is 2.63 bits per heavy atom. The zero-order valence-electron chi connectivity index (χ0n) is 10.6. The van der Waals surface area contributed by atoms with Crippen LogP contribution in [0.4, 0.5) is 5.69 Å². The first-order chi connectivity index (χ1) is 9.33. The molecule has 1 aromatic carbocycles. The van der Waals surface area contributed by atoms with Crippen molar-refractivity contribution in [2.75, 3.05) is 5.32 Å². The van der Waals surface area contributed by atoms with E-state index in [2.05, 4.69) is 33.3 Å². The predicted octanol–water partition coefficient (Wildman–Crippen LogP) is 3.20. The van der Waals surface area contributed by atoms with E-state index in [0.717, 1.165) is 22.3 Å². The molecule has 0 aliphatic rings. The molecule has 94 valence electrons. The standard InChI is InChI=1S/C15H14N4/c1-11(12-3-2-6-16-10-12)19-13-4-5-14-15(9-13)18-8-7-17-14/h2-11,19H,1H3. The Hall–Kier alpha value is -2.49. The van der Waals surface area contributed by atoms with Crippen LogP contribution in [0, 0.1) is 0 Å². The minimum absolute atomic E-state index is 0.197. The van der Waals surface area contributed by atoms with Crippen LogP contribution in [0.15, 0.2) is 55.1 Å². The summed E-state index contributed by atoms with van der Waals surface area (Å²) in [7, 11) is 0. The maximum Gasteiger partial charge on any atom is 0.0907 e. The first kappa shape index (κ1) is 11.6. The van der Waals surface area contributed by atoms with Crippen LogP contribution in [0.2, 0.25) is 0 Å². The molecule has 0 amide bonds. The molecule has 3 rings (SSSR count). The van der Waals surface area contributed by atoms with Gasteiger partial charge < -0.3 is 5.32 Å². The van der Waals surface area contributed by atoms with Crippen molar-refractivity contribution >= 4 is 16.7 Å². The minimum Gasteiger partial charge on any atom is -0.378 e. The molecule has 0 aliphatic carbocycles. The van der Waals surface area contributed by atoms with E-state index >= 15 is 0 Å². The van der Waals surface area contributed by atoms with Crippen LogP contribution in [0.5, 0.6) is 0 Å². The zero-order valence-corrected chi connectivity index (χ0v) is 10.6. The SMILES string of the molecule is CC(Nc1ccc2nccnc2c1)c1cccnc1. The van der Waals surface area contributed by atoms with E-state index < -0.39 is 0 Å². The number of hydrogen-bond acceptors (Lipinski definition) is 4. The average molecular weight is 250 g/mol. The molecular formula is C15H14N4. The fourth-order valence-electron chi connectivity index (χ4n) is 2.02. The summed E-state index contributed by atoms with van der Waals surface area (Å²) in [6.07, 6.45) is 7.06. The number of aromatic nitrogens is 3. The topological polar surface area (TPSA) is 50.7 Å². The Labute approximate surface area is 111 Å². The summed E-state index contributed by atoms with van der Waals surface area (Å²) in [6, 6.07) is 10.2. The molecule has 3 aromatic rings. The second-order valence-corrected chi connectivity index (χ2v) is 4.41. The van der Waals surface area contributed by atoms with Gasteiger partial charge in [0.2, 0.25) is 0 Å². The highest BCUT2D eigenvalue weighted by molar-refractivity contribution is 5.78. The Morgan fingerprint density at radius 2 is 1.84 bits per heavy atom. The molecule has 1 atom stereocenters. The Kier molecular flexibility index (Phi) is 3.06. The monoisotopic (exact) mass is 250 g/mol. The van der Waals surface area contributed by atoms with Gasteiger partial charge in [0.25, 0.3) is 0 Å². The Morgan fingerprint density at radius 1 is 1.00 bits per heavy atom. The second-order valence-electron chi connectivity index (χ2n) is 4.41. The second kappa shape index (κ2) is 5.02. The molecule has 4 heteroatoms. The van der Waals surface area contributed by atoms with Gasteiger partial charge >= 0.3 is 0 Å². The summed E-state index contributed by atoms with van der Waals surface area (Å²) < 4.78 is 0. The third-order valence-electron chi connectivity index (χ3n) is 3.04. The molecule has 19 heavy (non-hydrogen) atoms. The lowest BCUT2D eigenvalue weighted by molar-refractivity contribution is 0.876. The van der Waals surface area contributed by atoms with E-state index in [0.29, 0.717) is 0 Å². The van der Waals surface area contributed by atoms with Crippen molar-refractivity contribution < 1.29 is 0 Å². The molecule has 0 spiro atoms. The van der Waals surface area contributed by atoms with Crippen molar-refractivity contribution in [2.24, 2.45) is 0 Å². The molecule has 0 saturated heterocycles. The molecule has 2 heterocycles. The van der Waals surface area contributed by atoms with Crippen LogP contribution in [0.1, 0.15) is 18.5 Å². The third kappa shape index (κ3) is 2.52. The number of pyridine rings is 1. The number of benzene rings is 1. The lowest BCUT2D eigenvalue weighted by Gasteiger charge is -2.15. The molecular weight excluding hydrogens is 236 g/mol. The molecule has 0 radical (unpaired) electrons. The largest absolute Gasteiger partial charge is 0.378 e. The van der Waals surface area contributed by atoms with E-state index in [1.165, 1.54) is 0 Å². The highest BCUT2D eigenvalue weighted by atomic mass is 14.9. The number of hydrogen-bond donors (Lipinski definition) is 1. The summed E-state index contributed by atoms with van der Waals surface area (Å²) in [5.74, 6) is 0. The van der Waals surface area contributed by atoms with Crippen LogP contribution in [-0.2, 0) is 0 Å². The van der Waals surface area contributed by atoms with E-state index in [9.17, 15) is 0 Å². The summed E-state index contributed by atoms with van der Waals surface area (Å²) in [4.78, 5) is 12.7. The number of fused-ring (bicyclic) bond motifs is 1. The van der Waals surface area contributed by atoms with E-state index in [1.807, 2.05) is 30.5 Å². The van der Waals surface area contributed by atoms with E-state index in [-0.39, 0.29) is 6.04 Å².